The van der Waals surface area contributed by atoms with Crippen LogP contribution in [0.2, 0.25) is 10.0 Å². The molecule has 0 unspecified atom stereocenters. The number of rotatable bonds is 2. The van der Waals surface area contributed by atoms with Crippen molar-refractivity contribution in [3.8, 4) is 0 Å². The minimum absolute atomic E-state index is 0.460. The van der Waals surface area contributed by atoms with Crippen LogP contribution in [0.5, 0.6) is 0 Å². The van der Waals surface area contributed by atoms with Gasteiger partial charge in [0.1, 0.15) is 5.52 Å². The van der Waals surface area contributed by atoms with Gasteiger partial charge in [-0.05, 0) is 25.0 Å². The van der Waals surface area contributed by atoms with E-state index in [2.05, 4.69) is 10.3 Å². The molecular formula is C13H15Cl2N3O. The van der Waals surface area contributed by atoms with Crippen molar-refractivity contribution in [3.63, 3.8) is 0 Å². The number of halogens is 2. The maximum Gasteiger partial charge on any atom is 0.114 e. The van der Waals surface area contributed by atoms with Crippen molar-refractivity contribution < 1.29 is 5.11 Å². The Morgan fingerprint density at radius 3 is 2.58 bits per heavy atom. The lowest BCUT2D eigenvalue weighted by Crippen LogP contribution is -2.36. The highest BCUT2D eigenvalue weighted by Crippen LogP contribution is 2.31. The molecule has 19 heavy (non-hydrogen) atoms. The van der Waals surface area contributed by atoms with Crippen LogP contribution in [0.3, 0.4) is 0 Å². The van der Waals surface area contributed by atoms with E-state index in [1.54, 1.807) is 16.8 Å². The van der Waals surface area contributed by atoms with Gasteiger partial charge in [0.2, 0.25) is 0 Å². The third-order valence-corrected chi connectivity index (χ3v) is 4.51. The second-order valence-electron chi connectivity index (χ2n) is 5.29. The van der Waals surface area contributed by atoms with E-state index in [0.29, 0.717) is 22.1 Å². The summed E-state index contributed by atoms with van der Waals surface area (Å²) in [7, 11) is 0. The van der Waals surface area contributed by atoms with E-state index in [1.165, 1.54) is 6.42 Å². The molecule has 1 aliphatic rings. The average molecular weight is 300 g/mol. The molecule has 102 valence electrons. The fraction of sp³-hybridized carbons (Fsp3) is 0.538. The van der Waals surface area contributed by atoms with Gasteiger partial charge in [0.05, 0.1) is 27.7 Å². The van der Waals surface area contributed by atoms with E-state index < -0.39 is 5.60 Å². The Hall–Kier alpha value is -0.840. The Kier molecular flexibility index (Phi) is 3.41. The summed E-state index contributed by atoms with van der Waals surface area (Å²) >= 11 is 12.0. The molecule has 0 atom stereocenters. The summed E-state index contributed by atoms with van der Waals surface area (Å²) in [5.41, 5.74) is 0.840. The SMILES string of the molecule is OC1(Cn2nnc3cc(Cl)c(Cl)cc32)CCCCC1. The van der Waals surface area contributed by atoms with Crippen LogP contribution in [0, 0.1) is 0 Å². The third kappa shape index (κ3) is 2.57. The monoisotopic (exact) mass is 299 g/mol. The molecule has 0 saturated heterocycles. The highest BCUT2D eigenvalue weighted by molar-refractivity contribution is 6.42. The zero-order valence-corrected chi connectivity index (χ0v) is 12.0. The van der Waals surface area contributed by atoms with E-state index >= 15 is 0 Å². The summed E-state index contributed by atoms with van der Waals surface area (Å²) in [5.74, 6) is 0. The Balaban J connectivity index is 1.94. The standard InChI is InChI=1S/C13H15Cl2N3O/c14-9-6-11-12(7-10(9)15)18(17-16-11)8-13(19)4-2-1-3-5-13/h6-7,19H,1-5,8H2. The minimum Gasteiger partial charge on any atom is -0.388 e. The number of hydrogen-bond donors (Lipinski definition) is 1. The number of nitrogens with zero attached hydrogens (tertiary/aromatic N) is 3. The first kappa shape index (κ1) is 13.2. The van der Waals surface area contributed by atoms with Gasteiger partial charge in [-0.15, -0.1) is 5.10 Å². The third-order valence-electron chi connectivity index (χ3n) is 3.78. The maximum absolute atomic E-state index is 10.6. The van der Waals surface area contributed by atoms with Crippen molar-refractivity contribution in [2.45, 2.75) is 44.2 Å². The van der Waals surface area contributed by atoms with Crippen molar-refractivity contribution in [2.75, 3.05) is 0 Å². The van der Waals surface area contributed by atoms with Gasteiger partial charge in [-0.25, -0.2) is 4.68 Å². The number of benzene rings is 1. The Labute approximate surface area is 121 Å². The van der Waals surface area contributed by atoms with Crippen LogP contribution in [-0.2, 0) is 6.54 Å². The number of aliphatic hydroxyl groups is 1. The van der Waals surface area contributed by atoms with Gasteiger partial charge in [-0.3, -0.25) is 0 Å². The molecule has 1 aliphatic carbocycles. The number of hydrogen-bond acceptors (Lipinski definition) is 3. The molecule has 1 aromatic carbocycles. The lowest BCUT2D eigenvalue weighted by atomic mass is 9.85. The first-order valence-electron chi connectivity index (χ1n) is 6.48. The molecule has 1 aromatic heterocycles. The lowest BCUT2D eigenvalue weighted by molar-refractivity contribution is -0.0136. The van der Waals surface area contributed by atoms with Crippen LogP contribution in [0.4, 0.5) is 0 Å². The van der Waals surface area contributed by atoms with E-state index in [-0.39, 0.29) is 0 Å². The summed E-state index contributed by atoms with van der Waals surface area (Å²) in [4.78, 5) is 0. The number of fused-ring (bicyclic) bond motifs is 1. The molecule has 6 heteroatoms. The smallest absolute Gasteiger partial charge is 0.114 e. The van der Waals surface area contributed by atoms with Gasteiger partial charge < -0.3 is 5.11 Å². The molecule has 4 nitrogen and oxygen atoms in total. The quantitative estimate of drug-likeness (QED) is 0.924. The molecule has 2 aromatic rings. The summed E-state index contributed by atoms with van der Waals surface area (Å²) in [6.07, 6.45) is 4.96. The molecule has 1 fully saturated rings. The van der Waals surface area contributed by atoms with Crippen molar-refractivity contribution in [1.29, 1.82) is 0 Å². The second-order valence-corrected chi connectivity index (χ2v) is 6.10. The van der Waals surface area contributed by atoms with E-state index in [9.17, 15) is 5.11 Å². The first-order valence-corrected chi connectivity index (χ1v) is 7.24. The normalized spacial score (nSPS) is 18.9. The average Bonchev–Trinajstić information content (AvgIpc) is 2.73. The lowest BCUT2D eigenvalue weighted by Gasteiger charge is -2.31. The molecule has 3 rings (SSSR count). The van der Waals surface area contributed by atoms with Crippen LogP contribution in [-0.4, -0.2) is 25.7 Å². The Bertz CT molecular complexity index is 605. The predicted molar refractivity (Wildman–Crippen MR) is 75.6 cm³/mol. The van der Waals surface area contributed by atoms with Crippen LogP contribution in [0.15, 0.2) is 12.1 Å². The fourth-order valence-electron chi connectivity index (χ4n) is 2.73. The Morgan fingerprint density at radius 2 is 1.84 bits per heavy atom. The van der Waals surface area contributed by atoms with Gasteiger partial charge in [0.15, 0.2) is 0 Å². The Morgan fingerprint density at radius 1 is 1.16 bits per heavy atom. The molecule has 0 radical (unpaired) electrons. The zero-order valence-electron chi connectivity index (χ0n) is 10.4. The molecule has 0 bridgehead atoms. The van der Waals surface area contributed by atoms with Gasteiger partial charge in [-0.1, -0.05) is 47.7 Å². The van der Waals surface area contributed by atoms with Gasteiger partial charge in [0, 0.05) is 0 Å². The van der Waals surface area contributed by atoms with Crippen LogP contribution in [0.1, 0.15) is 32.1 Å². The molecule has 1 N–H and O–H groups in total. The molecule has 0 spiro atoms. The number of aromatic nitrogens is 3. The van der Waals surface area contributed by atoms with Crippen molar-refractivity contribution in [2.24, 2.45) is 0 Å². The second kappa shape index (κ2) is 4.93. The van der Waals surface area contributed by atoms with Gasteiger partial charge >= 0.3 is 0 Å². The molecule has 1 saturated carbocycles. The topological polar surface area (TPSA) is 50.9 Å². The summed E-state index contributed by atoms with van der Waals surface area (Å²) in [6.45, 7) is 0.460. The predicted octanol–water partition coefficient (Wildman–Crippen LogP) is 3.43. The van der Waals surface area contributed by atoms with Crippen molar-refractivity contribution in [1.82, 2.24) is 15.0 Å². The molecule has 0 aliphatic heterocycles. The van der Waals surface area contributed by atoms with Crippen molar-refractivity contribution >= 4 is 34.2 Å². The highest BCUT2D eigenvalue weighted by Gasteiger charge is 2.30. The van der Waals surface area contributed by atoms with Crippen LogP contribution in [0.25, 0.3) is 11.0 Å². The summed E-state index contributed by atoms with van der Waals surface area (Å²) in [5, 5.41) is 19.7. The molecule has 0 amide bonds. The maximum atomic E-state index is 10.6. The largest absolute Gasteiger partial charge is 0.388 e. The van der Waals surface area contributed by atoms with Crippen molar-refractivity contribution in [3.05, 3.63) is 22.2 Å². The van der Waals surface area contributed by atoms with E-state index in [0.717, 1.165) is 31.2 Å². The zero-order chi connectivity index (χ0) is 13.5. The fourth-order valence-corrected chi connectivity index (χ4v) is 3.04. The highest BCUT2D eigenvalue weighted by atomic mass is 35.5. The minimum atomic E-state index is -0.676. The van der Waals surface area contributed by atoms with E-state index in [1.807, 2.05) is 0 Å². The van der Waals surface area contributed by atoms with Crippen LogP contribution >= 0.6 is 23.2 Å². The first-order chi connectivity index (χ1) is 9.07. The molecular weight excluding hydrogens is 285 g/mol. The van der Waals surface area contributed by atoms with E-state index in [4.69, 9.17) is 23.2 Å². The van der Waals surface area contributed by atoms with Crippen LogP contribution < -0.4 is 0 Å². The van der Waals surface area contributed by atoms with Gasteiger partial charge in [0.25, 0.3) is 0 Å². The summed E-state index contributed by atoms with van der Waals surface area (Å²) in [6, 6.07) is 3.46. The summed E-state index contributed by atoms with van der Waals surface area (Å²) < 4.78 is 1.73. The van der Waals surface area contributed by atoms with Gasteiger partial charge in [-0.2, -0.15) is 0 Å². The molecule has 1 heterocycles.